The van der Waals surface area contributed by atoms with Gasteiger partial charge in [0.25, 0.3) is 0 Å². The number of nitrogens with zero attached hydrogens (tertiary/aromatic N) is 2. The first kappa shape index (κ1) is 17.0. The SMILES string of the molecule is CCCCCCC(C)Nc1ncc(O)c(C)n1.Cl. The summed E-state index contributed by atoms with van der Waals surface area (Å²) >= 11 is 0. The normalized spacial score (nSPS) is 11.7. The molecule has 1 aromatic heterocycles. The van der Waals surface area contributed by atoms with Gasteiger partial charge in [-0.1, -0.05) is 32.6 Å². The monoisotopic (exact) mass is 273 g/mol. The highest BCUT2D eigenvalue weighted by Gasteiger charge is 2.05. The summed E-state index contributed by atoms with van der Waals surface area (Å²) in [6.45, 7) is 6.13. The molecule has 1 aromatic rings. The number of aryl methyl sites for hydroxylation is 1. The Morgan fingerprint density at radius 3 is 2.67 bits per heavy atom. The first-order valence-electron chi connectivity index (χ1n) is 6.42. The van der Waals surface area contributed by atoms with Crippen LogP contribution < -0.4 is 5.32 Å². The van der Waals surface area contributed by atoms with Crippen molar-refractivity contribution in [1.29, 1.82) is 0 Å². The van der Waals surface area contributed by atoms with Crippen molar-refractivity contribution in [3.8, 4) is 5.75 Å². The van der Waals surface area contributed by atoms with E-state index in [1.807, 2.05) is 0 Å². The lowest BCUT2D eigenvalue weighted by Gasteiger charge is -2.13. The number of unbranched alkanes of at least 4 members (excludes halogenated alkanes) is 3. The van der Waals surface area contributed by atoms with E-state index in [2.05, 4.69) is 29.1 Å². The van der Waals surface area contributed by atoms with Gasteiger partial charge in [0.2, 0.25) is 5.95 Å². The lowest BCUT2D eigenvalue weighted by molar-refractivity contribution is 0.464. The standard InChI is InChI=1S/C13H23N3O.ClH/c1-4-5-6-7-8-10(2)15-13-14-9-12(17)11(3)16-13;/h9-10,17H,4-8H2,1-3H3,(H,14,15,16);1H. The molecule has 1 rings (SSSR count). The molecule has 1 atom stereocenters. The lowest BCUT2D eigenvalue weighted by atomic mass is 10.1. The molecule has 0 amide bonds. The third-order valence-electron chi connectivity index (χ3n) is 2.82. The molecule has 0 aliphatic rings. The molecule has 5 heteroatoms. The van der Waals surface area contributed by atoms with Crippen molar-refractivity contribution in [3.05, 3.63) is 11.9 Å². The molecular formula is C13H24ClN3O. The second-order valence-electron chi connectivity index (χ2n) is 4.56. The molecule has 2 N–H and O–H groups in total. The summed E-state index contributed by atoms with van der Waals surface area (Å²) in [6, 6.07) is 0.371. The van der Waals surface area contributed by atoms with Gasteiger partial charge in [0, 0.05) is 6.04 Å². The van der Waals surface area contributed by atoms with Crippen LogP contribution >= 0.6 is 12.4 Å². The molecule has 0 spiro atoms. The molecule has 0 saturated carbocycles. The summed E-state index contributed by atoms with van der Waals surface area (Å²) in [6.07, 6.45) is 7.67. The molecule has 0 aromatic carbocycles. The molecule has 0 aliphatic heterocycles. The zero-order chi connectivity index (χ0) is 12.7. The third kappa shape index (κ3) is 6.05. The van der Waals surface area contributed by atoms with Crippen molar-refractivity contribution < 1.29 is 5.11 Å². The van der Waals surface area contributed by atoms with Crippen molar-refractivity contribution in [2.45, 2.75) is 58.9 Å². The Balaban J connectivity index is 0.00000289. The highest BCUT2D eigenvalue weighted by atomic mass is 35.5. The van der Waals surface area contributed by atoms with Crippen LogP contribution in [0, 0.1) is 6.92 Å². The molecule has 1 unspecified atom stereocenters. The van der Waals surface area contributed by atoms with E-state index in [0.717, 1.165) is 6.42 Å². The average molecular weight is 274 g/mol. The number of nitrogens with one attached hydrogen (secondary N) is 1. The molecule has 0 radical (unpaired) electrons. The highest BCUT2D eigenvalue weighted by Crippen LogP contribution is 2.14. The number of hydrogen-bond acceptors (Lipinski definition) is 4. The number of rotatable bonds is 7. The zero-order valence-corrected chi connectivity index (χ0v) is 12.3. The van der Waals surface area contributed by atoms with Crippen LogP contribution in [0.1, 0.15) is 51.6 Å². The predicted molar refractivity (Wildman–Crippen MR) is 77.5 cm³/mol. The summed E-state index contributed by atoms with van der Waals surface area (Å²) in [5.41, 5.74) is 0.612. The average Bonchev–Trinajstić information content (AvgIpc) is 2.30. The van der Waals surface area contributed by atoms with Crippen molar-refractivity contribution >= 4 is 18.4 Å². The fourth-order valence-electron chi connectivity index (χ4n) is 1.70. The van der Waals surface area contributed by atoms with Crippen molar-refractivity contribution in [1.82, 2.24) is 9.97 Å². The number of halogens is 1. The first-order chi connectivity index (χ1) is 8.13. The summed E-state index contributed by atoms with van der Waals surface area (Å²) in [5, 5.41) is 12.6. The van der Waals surface area contributed by atoms with E-state index in [1.54, 1.807) is 6.92 Å². The number of hydrogen-bond donors (Lipinski definition) is 2. The van der Waals surface area contributed by atoms with Crippen LogP contribution in [-0.4, -0.2) is 21.1 Å². The third-order valence-corrected chi connectivity index (χ3v) is 2.82. The minimum atomic E-state index is 0. The Morgan fingerprint density at radius 1 is 1.33 bits per heavy atom. The van der Waals surface area contributed by atoms with Crippen LogP contribution in [0.5, 0.6) is 5.75 Å². The van der Waals surface area contributed by atoms with Gasteiger partial charge in [-0.25, -0.2) is 9.97 Å². The molecule has 1 heterocycles. The number of aromatic hydroxyl groups is 1. The van der Waals surface area contributed by atoms with Gasteiger partial charge in [-0.05, 0) is 20.3 Å². The Kier molecular flexibility index (Phi) is 8.46. The van der Waals surface area contributed by atoms with Gasteiger partial charge in [-0.3, -0.25) is 0 Å². The summed E-state index contributed by atoms with van der Waals surface area (Å²) in [7, 11) is 0. The van der Waals surface area contributed by atoms with Gasteiger partial charge in [0.15, 0.2) is 5.75 Å². The summed E-state index contributed by atoms with van der Waals surface area (Å²) in [5.74, 6) is 0.745. The lowest BCUT2D eigenvalue weighted by Crippen LogP contribution is -2.17. The van der Waals surface area contributed by atoms with E-state index in [0.29, 0.717) is 17.7 Å². The maximum absolute atomic E-state index is 9.33. The predicted octanol–water partition coefficient (Wildman–Crippen LogP) is 3.68. The van der Waals surface area contributed by atoms with Crippen LogP contribution in [0.4, 0.5) is 5.95 Å². The summed E-state index contributed by atoms with van der Waals surface area (Å²) in [4.78, 5) is 8.24. The van der Waals surface area contributed by atoms with Gasteiger partial charge < -0.3 is 10.4 Å². The van der Waals surface area contributed by atoms with Crippen molar-refractivity contribution in [2.24, 2.45) is 0 Å². The van der Waals surface area contributed by atoms with Gasteiger partial charge in [0.05, 0.1) is 11.9 Å². The van der Waals surface area contributed by atoms with Crippen LogP contribution in [0.25, 0.3) is 0 Å². The number of anilines is 1. The first-order valence-corrected chi connectivity index (χ1v) is 6.42. The Morgan fingerprint density at radius 2 is 2.06 bits per heavy atom. The van der Waals surface area contributed by atoms with Crippen LogP contribution in [0.3, 0.4) is 0 Å². The van der Waals surface area contributed by atoms with E-state index < -0.39 is 0 Å². The van der Waals surface area contributed by atoms with E-state index in [4.69, 9.17) is 0 Å². The molecule has 18 heavy (non-hydrogen) atoms. The quantitative estimate of drug-likeness (QED) is 0.744. The largest absolute Gasteiger partial charge is 0.504 e. The maximum Gasteiger partial charge on any atom is 0.223 e. The minimum absolute atomic E-state index is 0. The molecule has 0 saturated heterocycles. The second kappa shape index (κ2) is 8.97. The van der Waals surface area contributed by atoms with Gasteiger partial charge in [-0.2, -0.15) is 0 Å². The molecule has 104 valence electrons. The van der Waals surface area contributed by atoms with E-state index in [1.165, 1.54) is 31.9 Å². The number of aromatic nitrogens is 2. The Labute approximate surface area is 116 Å². The molecule has 0 fully saturated rings. The van der Waals surface area contributed by atoms with Crippen LogP contribution in [0.15, 0.2) is 6.20 Å². The van der Waals surface area contributed by atoms with Crippen LogP contribution in [0.2, 0.25) is 0 Å². The van der Waals surface area contributed by atoms with E-state index in [-0.39, 0.29) is 18.2 Å². The van der Waals surface area contributed by atoms with Gasteiger partial charge in [-0.15, -0.1) is 12.4 Å². The van der Waals surface area contributed by atoms with Gasteiger partial charge in [0.1, 0.15) is 0 Å². The molecule has 0 aliphatic carbocycles. The van der Waals surface area contributed by atoms with Gasteiger partial charge >= 0.3 is 0 Å². The van der Waals surface area contributed by atoms with Crippen molar-refractivity contribution in [2.75, 3.05) is 5.32 Å². The van der Waals surface area contributed by atoms with Crippen LogP contribution in [-0.2, 0) is 0 Å². The van der Waals surface area contributed by atoms with Crippen molar-refractivity contribution in [3.63, 3.8) is 0 Å². The topological polar surface area (TPSA) is 58.0 Å². The fraction of sp³-hybridized carbons (Fsp3) is 0.692. The second-order valence-corrected chi connectivity index (χ2v) is 4.56. The molecule has 4 nitrogen and oxygen atoms in total. The highest BCUT2D eigenvalue weighted by molar-refractivity contribution is 5.85. The maximum atomic E-state index is 9.33. The molecule has 0 bridgehead atoms. The Bertz CT molecular complexity index is 347. The Hall–Kier alpha value is -1.03. The molecular weight excluding hydrogens is 250 g/mol. The van der Waals surface area contributed by atoms with E-state index in [9.17, 15) is 5.11 Å². The minimum Gasteiger partial charge on any atom is -0.504 e. The fourth-order valence-corrected chi connectivity index (χ4v) is 1.70. The smallest absolute Gasteiger partial charge is 0.223 e. The summed E-state index contributed by atoms with van der Waals surface area (Å²) < 4.78 is 0. The van der Waals surface area contributed by atoms with E-state index >= 15 is 0 Å². The zero-order valence-electron chi connectivity index (χ0n) is 11.4.